The van der Waals surface area contributed by atoms with E-state index in [2.05, 4.69) is 28.7 Å². The van der Waals surface area contributed by atoms with Gasteiger partial charge in [-0.05, 0) is 25.7 Å². The van der Waals surface area contributed by atoms with Crippen LogP contribution < -0.4 is 4.90 Å². The van der Waals surface area contributed by atoms with E-state index in [1.54, 1.807) is 0 Å². The van der Waals surface area contributed by atoms with Crippen molar-refractivity contribution in [2.75, 3.05) is 11.4 Å². The largest absolute Gasteiger partial charge is 0.478 e. The molecule has 1 fully saturated rings. The number of aromatic carboxylic acids is 1. The fourth-order valence-corrected chi connectivity index (χ4v) is 2.28. The van der Waals surface area contributed by atoms with Crippen LogP contribution in [0, 0.1) is 5.92 Å². The van der Waals surface area contributed by atoms with Gasteiger partial charge in [-0.1, -0.05) is 6.92 Å². The number of carbonyl (C=O) groups is 1. The SMILES string of the molecule is CC1CCN(c2ncc(C(=O)O)cn2)C(C)C1. The predicted molar refractivity (Wildman–Crippen MR) is 64.2 cm³/mol. The van der Waals surface area contributed by atoms with Crippen molar-refractivity contribution in [1.82, 2.24) is 9.97 Å². The summed E-state index contributed by atoms with van der Waals surface area (Å²) in [7, 11) is 0. The third-order valence-electron chi connectivity index (χ3n) is 3.28. The van der Waals surface area contributed by atoms with Gasteiger partial charge >= 0.3 is 5.97 Å². The average Bonchev–Trinajstić information content (AvgIpc) is 2.29. The van der Waals surface area contributed by atoms with Crippen LogP contribution in [0.2, 0.25) is 0 Å². The molecule has 92 valence electrons. The van der Waals surface area contributed by atoms with Gasteiger partial charge in [0, 0.05) is 25.0 Å². The summed E-state index contributed by atoms with van der Waals surface area (Å²) in [4.78, 5) is 21.1. The lowest BCUT2D eigenvalue weighted by atomic mass is 9.94. The lowest BCUT2D eigenvalue weighted by Crippen LogP contribution is -2.41. The third-order valence-corrected chi connectivity index (χ3v) is 3.28. The van der Waals surface area contributed by atoms with E-state index in [1.807, 2.05) is 0 Å². The maximum Gasteiger partial charge on any atom is 0.338 e. The number of rotatable bonds is 2. The molecule has 2 rings (SSSR count). The minimum atomic E-state index is -0.989. The summed E-state index contributed by atoms with van der Waals surface area (Å²) >= 11 is 0. The molecule has 1 aromatic heterocycles. The van der Waals surface area contributed by atoms with Crippen LogP contribution in [0.25, 0.3) is 0 Å². The van der Waals surface area contributed by atoms with Crippen LogP contribution in [0.4, 0.5) is 5.95 Å². The Hall–Kier alpha value is -1.65. The lowest BCUT2D eigenvalue weighted by Gasteiger charge is -2.36. The van der Waals surface area contributed by atoms with Gasteiger partial charge in [-0.3, -0.25) is 0 Å². The monoisotopic (exact) mass is 235 g/mol. The van der Waals surface area contributed by atoms with Gasteiger partial charge in [-0.25, -0.2) is 14.8 Å². The maximum absolute atomic E-state index is 10.7. The summed E-state index contributed by atoms with van der Waals surface area (Å²) in [5.41, 5.74) is 0.131. The highest BCUT2D eigenvalue weighted by Gasteiger charge is 2.24. The smallest absolute Gasteiger partial charge is 0.338 e. The standard InChI is InChI=1S/C12H17N3O2/c1-8-3-4-15(9(2)5-8)12-13-6-10(7-14-12)11(16)17/h6-9H,3-5H2,1-2H3,(H,16,17). The van der Waals surface area contributed by atoms with Gasteiger partial charge in [-0.15, -0.1) is 0 Å². The maximum atomic E-state index is 10.7. The summed E-state index contributed by atoms with van der Waals surface area (Å²) in [6.07, 6.45) is 5.00. The Balaban J connectivity index is 2.14. The molecule has 1 saturated heterocycles. The third kappa shape index (κ3) is 2.54. The first kappa shape index (κ1) is 11.8. The number of carboxylic acids is 1. The number of hydrogen-bond donors (Lipinski definition) is 1. The molecule has 2 atom stereocenters. The Bertz CT molecular complexity index is 405. The molecule has 0 amide bonds. The van der Waals surface area contributed by atoms with Crippen LogP contribution in [0.1, 0.15) is 37.0 Å². The van der Waals surface area contributed by atoms with Crippen molar-refractivity contribution in [3.8, 4) is 0 Å². The van der Waals surface area contributed by atoms with E-state index in [1.165, 1.54) is 12.4 Å². The molecule has 5 nitrogen and oxygen atoms in total. The number of nitrogens with zero attached hydrogens (tertiary/aromatic N) is 3. The molecular weight excluding hydrogens is 218 g/mol. The van der Waals surface area contributed by atoms with E-state index in [9.17, 15) is 4.79 Å². The van der Waals surface area contributed by atoms with Crippen LogP contribution in [-0.4, -0.2) is 33.6 Å². The predicted octanol–water partition coefficient (Wildman–Crippen LogP) is 1.80. The van der Waals surface area contributed by atoms with Gasteiger partial charge in [0.05, 0.1) is 5.56 Å². The van der Waals surface area contributed by atoms with Crippen LogP contribution in [-0.2, 0) is 0 Å². The van der Waals surface area contributed by atoms with Crippen molar-refractivity contribution in [3.63, 3.8) is 0 Å². The topological polar surface area (TPSA) is 66.3 Å². The molecular formula is C12H17N3O2. The highest BCUT2D eigenvalue weighted by molar-refractivity contribution is 5.86. The number of piperidine rings is 1. The molecule has 1 aliphatic heterocycles. The minimum Gasteiger partial charge on any atom is -0.478 e. The first-order valence-corrected chi connectivity index (χ1v) is 5.90. The Morgan fingerprint density at radius 2 is 2.06 bits per heavy atom. The second kappa shape index (κ2) is 4.69. The quantitative estimate of drug-likeness (QED) is 0.846. The van der Waals surface area contributed by atoms with E-state index >= 15 is 0 Å². The number of hydrogen-bond acceptors (Lipinski definition) is 4. The Morgan fingerprint density at radius 1 is 1.41 bits per heavy atom. The first-order valence-electron chi connectivity index (χ1n) is 5.90. The van der Waals surface area contributed by atoms with Crippen LogP contribution in [0.5, 0.6) is 0 Å². The Morgan fingerprint density at radius 3 is 2.59 bits per heavy atom. The summed E-state index contributed by atoms with van der Waals surface area (Å²) < 4.78 is 0. The van der Waals surface area contributed by atoms with Crippen LogP contribution in [0.3, 0.4) is 0 Å². The Kier molecular flexibility index (Phi) is 3.26. The summed E-state index contributed by atoms with van der Waals surface area (Å²) in [6, 6.07) is 0.412. The van der Waals surface area contributed by atoms with E-state index in [4.69, 9.17) is 5.11 Å². The zero-order valence-corrected chi connectivity index (χ0v) is 10.1. The van der Waals surface area contributed by atoms with Crippen molar-refractivity contribution in [2.45, 2.75) is 32.7 Å². The summed E-state index contributed by atoms with van der Waals surface area (Å²) in [6.45, 7) is 5.35. The number of anilines is 1. The first-order chi connectivity index (χ1) is 8.08. The van der Waals surface area contributed by atoms with Gasteiger partial charge < -0.3 is 10.0 Å². The molecule has 0 bridgehead atoms. The molecule has 2 unspecified atom stereocenters. The van der Waals surface area contributed by atoms with Crippen molar-refractivity contribution in [2.24, 2.45) is 5.92 Å². The molecule has 0 aromatic carbocycles. The molecule has 0 saturated carbocycles. The number of carboxylic acid groups (broad SMARTS) is 1. The fraction of sp³-hybridized carbons (Fsp3) is 0.583. The van der Waals surface area contributed by atoms with Crippen molar-refractivity contribution >= 4 is 11.9 Å². The van der Waals surface area contributed by atoms with Crippen LogP contribution >= 0.6 is 0 Å². The van der Waals surface area contributed by atoms with Gasteiger partial charge in [0.15, 0.2) is 0 Å². The van der Waals surface area contributed by atoms with Gasteiger partial charge in [-0.2, -0.15) is 0 Å². The fourth-order valence-electron chi connectivity index (χ4n) is 2.28. The summed E-state index contributed by atoms with van der Waals surface area (Å²) in [5, 5.41) is 8.78. The van der Waals surface area contributed by atoms with Gasteiger partial charge in [0.25, 0.3) is 0 Å². The molecule has 17 heavy (non-hydrogen) atoms. The molecule has 0 spiro atoms. The molecule has 0 radical (unpaired) electrons. The molecule has 0 aliphatic carbocycles. The Labute approximate surface area is 100 Å². The molecule has 2 heterocycles. The van der Waals surface area contributed by atoms with Crippen molar-refractivity contribution < 1.29 is 9.90 Å². The molecule has 1 aliphatic rings. The average molecular weight is 235 g/mol. The van der Waals surface area contributed by atoms with Crippen molar-refractivity contribution in [1.29, 1.82) is 0 Å². The molecule has 5 heteroatoms. The van der Waals surface area contributed by atoms with Gasteiger partial charge in [0.2, 0.25) is 5.95 Å². The zero-order chi connectivity index (χ0) is 12.4. The highest BCUT2D eigenvalue weighted by Crippen LogP contribution is 2.24. The number of aromatic nitrogens is 2. The lowest BCUT2D eigenvalue weighted by molar-refractivity contribution is 0.0696. The normalized spacial score (nSPS) is 24.7. The zero-order valence-electron chi connectivity index (χ0n) is 10.1. The van der Waals surface area contributed by atoms with E-state index < -0.39 is 5.97 Å². The van der Waals surface area contributed by atoms with Crippen LogP contribution in [0.15, 0.2) is 12.4 Å². The molecule has 1 N–H and O–H groups in total. The van der Waals surface area contributed by atoms with E-state index in [0.29, 0.717) is 12.0 Å². The van der Waals surface area contributed by atoms with Gasteiger partial charge in [0.1, 0.15) is 0 Å². The minimum absolute atomic E-state index is 0.131. The second-order valence-electron chi connectivity index (χ2n) is 4.75. The van der Waals surface area contributed by atoms with Crippen molar-refractivity contribution in [3.05, 3.63) is 18.0 Å². The summed E-state index contributed by atoms with van der Waals surface area (Å²) in [5.74, 6) is 0.380. The molecule has 1 aromatic rings. The van der Waals surface area contributed by atoms with E-state index in [0.717, 1.165) is 25.3 Å². The highest BCUT2D eigenvalue weighted by atomic mass is 16.4. The second-order valence-corrected chi connectivity index (χ2v) is 4.75. The van der Waals surface area contributed by atoms with E-state index in [-0.39, 0.29) is 5.56 Å².